The number of rotatable bonds is 5. The fourth-order valence-corrected chi connectivity index (χ4v) is 2.92. The average molecular weight is 309 g/mol. The van der Waals surface area contributed by atoms with Gasteiger partial charge in [-0.1, -0.05) is 66.5 Å². The summed E-state index contributed by atoms with van der Waals surface area (Å²) in [4.78, 5) is 0. The molecule has 2 atom stereocenters. The van der Waals surface area contributed by atoms with E-state index in [0.29, 0.717) is 28.8 Å². The Hall–Kier alpha value is -1.02. The van der Waals surface area contributed by atoms with Crippen molar-refractivity contribution in [1.82, 2.24) is 0 Å². The molecule has 0 radical (unpaired) electrons. The van der Waals surface area contributed by atoms with Crippen molar-refractivity contribution >= 4 is 23.2 Å². The molecular weight excluding hydrogens is 291 g/mol. The molecule has 0 saturated carbocycles. The Bertz CT molecular complexity index is 534. The highest BCUT2D eigenvalue weighted by Crippen LogP contribution is 2.28. The predicted octanol–water partition coefficient (Wildman–Crippen LogP) is 5.09. The first-order chi connectivity index (χ1) is 9.58. The number of halogens is 2. The van der Waals surface area contributed by atoms with Gasteiger partial charge in [0.25, 0.3) is 0 Å². The Morgan fingerprint density at radius 2 is 1.55 bits per heavy atom. The molecule has 1 N–H and O–H groups in total. The molecule has 0 saturated heterocycles. The first-order valence-electron chi connectivity index (χ1n) is 6.74. The van der Waals surface area contributed by atoms with Crippen molar-refractivity contribution in [3.8, 4) is 0 Å². The highest BCUT2D eigenvalue weighted by atomic mass is 35.5. The van der Waals surface area contributed by atoms with Gasteiger partial charge in [-0.3, -0.25) is 0 Å². The van der Waals surface area contributed by atoms with Gasteiger partial charge in [0.15, 0.2) is 0 Å². The van der Waals surface area contributed by atoms with Gasteiger partial charge in [0.1, 0.15) is 0 Å². The lowest BCUT2D eigenvalue weighted by Gasteiger charge is -2.18. The number of hydrogen-bond donors (Lipinski definition) is 1. The van der Waals surface area contributed by atoms with Crippen LogP contribution in [0.3, 0.4) is 0 Å². The van der Waals surface area contributed by atoms with Crippen LogP contribution in [0.1, 0.15) is 30.4 Å². The summed E-state index contributed by atoms with van der Waals surface area (Å²) in [6.07, 6.45) is 0.712. The second-order valence-electron chi connectivity index (χ2n) is 5.11. The molecule has 2 unspecified atom stereocenters. The molecule has 2 rings (SSSR count). The molecule has 0 aliphatic heterocycles. The van der Waals surface area contributed by atoms with Gasteiger partial charge in [-0.25, -0.2) is 0 Å². The van der Waals surface area contributed by atoms with Gasteiger partial charge in [-0.05, 0) is 35.6 Å². The molecule has 0 aliphatic rings. The molecule has 2 aromatic carbocycles. The fraction of sp³-hybridized carbons (Fsp3) is 0.294. The first kappa shape index (κ1) is 15.4. The van der Waals surface area contributed by atoms with Crippen molar-refractivity contribution < 1.29 is 5.11 Å². The topological polar surface area (TPSA) is 20.2 Å². The Labute approximate surface area is 130 Å². The standard InChI is InChI=1S/C17H18Cl2O/c1-12(13-6-3-2-4-7-13)10-14(20)11-15-16(18)8-5-9-17(15)19/h2-9,12,14,20H,10-11H2,1H3. The summed E-state index contributed by atoms with van der Waals surface area (Å²) in [7, 11) is 0. The zero-order valence-corrected chi connectivity index (χ0v) is 12.9. The van der Waals surface area contributed by atoms with E-state index in [1.807, 2.05) is 24.3 Å². The van der Waals surface area contributed by atoms with Crippen LogP contribution in [0.5, 0.6) is 0 Å². The van der Waals surface area contributed by atoms with Gasteiger partial charge in [-0.2, -0.15) is 0 Å². The van der Waals surface area contributed by atoms with Gasteiger partial charge >= 0.3 is 0 Å². The number of aliphatic hydroxyl groups is 1. The van der Waals surface area contributed by atoms with E-state index in [1.54, 1.807) is 12.1 Å². The summed E-state index contributed by atoms with van der Waals surface area (Å²) in [5, 5.41) is 11.5. The van der Waals surface area contributed by atoms with Gasteiger partial charge in [0.2, 0.25) is 0 Å². The second kappa shape index (κ2) is 7.12. The van der Waals surface area contributed by atoms with Crippen LogP contribution in [-0.4, -0.2) is 11.2 Å². The molecule has 0 heterocycles. The first-order valence-corrected chi connectivity index (χ1v) is 7.49. The van der Waals surface area contributed by atoms with Gasteiger partial charge in [-0.15, -0.1) is 0 Å². The van der Waals surface area contributed by atoms with Gasteiger partial charge in [0, 0.05) is 16.5 Å². The average Bonchev–Trinajstić information content (AvgIpc) is 2.44. The van der Waals surface area contributed by atoms with Crippen LogP contribution >= 0.6 is 23.2 Å². The molecular formula is C17H18Cl2O. The van der Waals surface area contributed by atoms with Crippen LogP contribution in [-0.2, 0) is 6.42 Å². The van der Waals surface area contributed by atoms with Crippen molar-refractivity contribution in [2.75, 3.05) is 0 Å². The molecule has 3 heteroatoms. The maximum atomic E-state index is 10.3. The number of hydrogen-bond acceptors (Lipinski definition) is 1. The lowest BCUT2D eigenvalue weighted by Crippen LogP contribution is -2.14. The van der Waals surface area contributed by atoms with Gasteiger partial charge in [0.05, 0.1) is 6.10 Å². The smallest absolute Gasteiger partial charge is 0.0587 e. The summed E-state index contributed by atoms with van der Waals surface area (Å²) < 4.78 is 0. The predicted molar refractivity (Wildman–Crippen MR) is 85.6 cm³/mol. The summed E-state index contributed by atoms with van der Waals surface area (Å²) in [5.74, 6) is 0.299. The van der Waals surface area contributed by atoms with E-state index in [1.165, 1.54) is 5.56 Å². The lowest BCUT2D eigenvalue weighted by atomic mass is 9.92. The van der Waals surface area contributed by atoms with E-state index in [2.05, 4.69) is 19.1 Å². The molecule has 2 aromatic rings. The minimum absolute atomic E-state index is 0.299. The quantitative estimate of drug-likeness (QED) is 0.815. The molecule has 0 aliphatic carbocycles. The van der Waals surface area contributed by atoms with E-state index < -0.39 is 6.10 Å². The van der Waals surface area contributed by atoms with E-state index in [9.17, 15) is 5.11 Å². The minimum Gasteiger partial charge on any atom is -0.393 e. The molecule has 106 valence electrons. The Morgan fingerprint density at radius 3 is 2.15 bits per heavy atom. The third-order valence-electron chi connectivity index (χ3n) is 3.50. The normalized spacial score (nSPS) is 14.0. The largest absolute Gasteiger partial charge is 0.393 e. The Kier molecular flexibility index (Phi) is 5.47. The SMILES string of the molecule is CC(CC(O)Cc1c(Cl)cccc1Cl)c1ccccc1. The van der Waals surface area contributed by atoms with E-state index in [-0.39, 0.29) is 0 Å². The van der Waals surface area contributed by atoms with Gasteiger partial charge < -0.3 is 5.11 Å². The molecule has 0 fully saturated rings. The van der Waals surface area contributed by atoms with Crippen LogP contribution in [0.15, 0.2) is 48.5 Å². The van der Waals surface area contributed by atoms with Crippen LogP contribution in [0.4, 0.5) is 0 Å². The number of benzene rings is 2. The Morgan fingerprint density at radius 1 is 0.950 bits per heavy atom. The molecule has 0 spiro atoms. The van der Waals surface area contributed by atoms with Crippen molar-refractivity contribution in [2.24, 2.45) is 0 Å². The molecule has 0 bridgehead atoms. The van der Waals surface area contributed by atoms with Crippen molar-refractivity contribution in [1.29, 1.82) is 0 Å². The monoisotopic (exact) mass is 308 g/mol. The summed E-state index contributed by atoms with van der Waals surface area (Å²) >= 11 is 12.3. The van der Waals surface area contributed by atoms with E-state index >= 15 is 0 Å². The zero-order valence-electron chi connectivity index (χ0n) is 11.4. The van der Waals surface area contributed by atoms with Crippen LogP contribution < -0.4 is 0 Å². The maximum Gasteiger partial charge on any atom is 0.0587 e. The molecule has 1 nitrogen and oxygen atoms in total. The summed E-state index contributed by atoms with van der Waals surface area (Å²) in [5.41, 5.74) is 2.06. The zero-order chi connectivity index (χ0) is 14.5. The third-order valence-corrected chi connectivity index (χ3v) is 4.20. The van der Waals surface area contributed by atoms with Crippen molar-refractivity contribution in [3.05, 3.63) is 69.7 Å². The fourth-order valence-electron chi connectivity index (χ4n) is 2.37. The van der Waals surface area contributed by atoms with Crippen molar-refractivity contribution in [3.63, 3.8) is 0 Å². The maximum absolute atomic E-state index is 10.3. The molecule has 0 aromatic heterocycles. The van der Waals surface area contributed by atoms with E-state index in [0.717, 1.165) is 5.56 Å². The summed E-state index contributed by atoms with van der Waals surface area (Å²) in [6.45, 7) is 2.12. The van der Waals surface area contributed by atoms with Crippen LogP contribution in [0, 0.1) is 0 Å². The van der Waals surface area contributed by atoms with E-state index in [4.69, 9.17) is 23.2 Å². The minimum atomic E-state index is -0.456. The molecule has 0 amide bonds. The Balaban J connectivity index is 2.01. The lowest BCUT2D eigenvalue weighted by molar-refractivity contribution is 0.157. The number of aliphatic hydroxyl groups excluding tert-OH is 1. The van der Waals surface area contributed by atoms with Crippen LogP contribution in [0.25, 0.3) is 0 Å². The molecule has 20 heavy (non-hydrogen) atoms. The second-order valence-corrected chi connectivity index (χ2v) is 5.92. The van der Waals surface area contributed by atoms with Crippen LogP contribution in [0.2, 0.25) is 10.0 Å². The third kappa shape index (κ3) is 3.99. The highest BCUT2D eigenvalue weighted by Gasteiger charge is 2.15. The highest BCUT2D eigenvalue weighted by molar-refractivity contribution is 6.35. The summed E-state index contributed by atoms with van der Waals surface area (Å²) in [6, 6.07) is 15.6. The van der Waals surface area contributed by atoms with Crippen molar-refractivity contribution in [2.45, 2.75) is 31.8 Å².